The Hall–Kier alpha value is -1.74. The van der Waals surface area contributed by atoms with E-state index in [9.17, 15) is 4.79 Å². The van der Waals surface area contributed by atoms with Crippen LogP contribution in [0.5, 0.6) is 0 Å². The maximum atomic E-state index is 11.1. The van der Waals surface area contributed by atoms with Gasteiger partial charge in [-0.05, 0) is 35.9 Å². The van der Waals surface area contributed by atoms with Crippen LogP contribution in [0.4, 0.5) is 0 Å². The van der Waals surface area contributed by atoms with Gasteiger partial charge in [0.2, 0.25) is 5.91 Å². The molecule has 0 fully saturated rings. The number of amides is 1. The molecular weight excluding hydrogens is 278 g/mol. The van der Waals surface area contributed by atoms with Gasteiger partial charge in [-0.2, -0.15) is 0 Å². The molecule has 0 aliphatic heterocycles. The third-order valence-corrected chi connectivity index (χ3v) is 4.27. The normalized spacial score (nSPS) is 11.9. The van der Waals surface area contributed by atoms with Crippen molar-refractivity contribution in [2.75, 3.05) is 12.8 Å². The van der Waals surface area contributed by atoms with E-state index in [1.165, 1.54) is 16.0 Å². The van der Waals surface area contributed by atoms with Gasteiger partial charge in [0.25, 0.3) is 0 Å². The molecule has 0 heterocycles. The molecule has 3 heteroatoms. The van der Waals surface area contributed by atoms with Gasteiger partial charge in [0.05, 0.1) is 0 Å². The molecule has 0 saturated carbocycles. The topological polar surface area (TPSA) is 29.1 Å². The molecule has 0 aromatic heterocycles. The van der Waals surface area contributed by atoms with Crippen LogP contribution in [-0.2, 0) is 4.79 Å². The van der Waals surface area contributed by atoms with Crippen LogP contribution in [0.1, 0.15) is 30.4 Å². The summed E-state index contributed by atoms with van der Waals surface area (Å²) in [6.07, 6.45) is 2.99. The molecule has 2 aromatic rings. The molecule has 2 aromatic carbocycles. The Bertz CT molecular complexity index is 566. The van der Waals surface area contributed by atoms with Crippen LogP contribution in [0.25, 0.3) is 0 Å². The largest absolute Gasteiger partial charge is 0.356 e. The summed E-state index contributed by atoms with van der Waals surface area (Å²) in [5, 5.41) is 2.90. The Balaban J connectivity index is 2.19. The molecule has 21 heavy (non-hydrogen) atoms. The van der Waals surface area contributed by atoms with Crippen LogP contribution in [0, 0.1) is 0 Å². The van der Waals surface area contributed by atoms with Crippen molar-refractivity contribution in [1.82, 2.24) is 5.32 Å². The fourth-order valence-electron chi connectivity index (χ4n) is 2.44. The third kappa shape index (κ3) is 4.64. The van der Waals surface area contributed by atoms with E-state index in [4.69, 9.17) is 0 Å². The zero-order valence-electron chi connectivity index (χ0n) is 12.5. The highest BCUT2D eigenvalue weighted by Crippen LogP contribution is 2.29. The van der Waals surface area contributed by atoms with Crippen molar-refractivity contribution in [1.29, 1.82) is 0 Å². The molecule has 0 radical (unpaired) electrons. The first-order chi connectivity index (χ1) is 10.2. The van der Waals surface area contributed by atoms with Crippen LogP contribution >= 0.6 is 11.8 Å². The lowest BCUT2D eigenvalue weighted by Crippen LogP contribution is -2.22. The van der Waals surface area contributed by atoms with E-state index in [2.05, 4.69) is 60.1 Å². The number of carbonyl (C=O) groups excluding carboxylic acids is 1. The second-order valence-corrected chi connectivity index (χ2v) is 5.89. The predicted octanol–water partition coefficient (Wildman–Crippen LogP) is 4.07. The SMILES string of the molecule is CSc1ccc([C@@H](CCNC(C)=O)c2ccccc2)cc1. The van der Waals surface area contributed by atoms with Gasteiger partial charge in [-0.25, -0.2) is 0 Å². The van der Waals surface area contributed by atoms with Crippen molar-refractivity contribution in [3.8, 4) is 0 Å². The lowest BCUT2D eigenvalue weighted by Gasteiger charge is -2.18. The maximum Gasteiger partial charge on any atom is 0.216 e. The minimum atomic E-state index is 0.0274. The van der Waals surface area contributed by atoms with Gasteiger partial charge >= 0.3 is 0 Å². The van der Waals surface area contributed by atoms with E-state index in [-0.39, 0.29) is 5.91 Å². The van der Waals surface area contributed by atoms with E-state index in [1.807, 2.05) is 6.07 Å². The summed E-state index contributed by atoms with van der Waals surface area (Å²) >= 11 is 1.75. The average Bonchev–Trinajstić information content (AvgIpc) is 2.52. The Morgan fingerprint density at radius 1 is 1.05 bits per heavy atom. The Morgan fingerprint density at radius 3 is 2.24 bits per heavy atom. The zero-order valence-corrected chi connectivity index (χ0v) is 13.3. The molecule has 2 rings (SSSR count). The first kappa shape index (κ1) is 15.6. The van der Waals surface area contributed by atoms with Crippen molar-refractivity contribution in [2.24, 2.45) is 0 Å². The Kier molecular flexibility index (Phi) is 5.88. The number of nitrogens with one attached hydrogen (secondary N) is 1. The molecule has 0 spiro atoms. The zero-order chi connectivity index (χ0) is 15.1. The summed E-state index contributed by atoms with van der Waals surface area (Å²) in [6, 6.07) is 19.2. The highest BCUT2D eigenvalue weighted by molar-refractivity contribution is 7.98. The average molecular weight is 299 g/mol. The highest BCUT2D eigenvalue weighted by Gasteiger charge is 2.13. The van der Waals surface area contributed by atoms with E-state index >= 15 is 0 Å². The second-order valence-electron chi connectivity index (χ2n) is 5.01. The van der Waals surface area contributed by atoms with Crippen LogP contribution in [-0.4, -0.2) is 18.7 Å². The van der Waals surface area contributed by atoms with Crippen molar-refractivity contribution >= 4 is 17.7 Å². The van der Waals surface area contributed by atoms with E-state index < -0.39 is 0 Å². The fourth-order valence-corrected chi connectivity index (χ4v) is 2.85. The van der Waals surface area contributed by atoms with E-state index in [0.29, 0.717) is 12.5 Å². The molecule has 0 aliphatic rings. The molecule has 0 aliphatic carbocycles. The summed E-state index contributed by atoms with van der Waals surface area (Å²) in [7, 11) is 0. The molecule has 110 valence electrons. The summed E-state index contributed by atoms with van der Waals surface area (Å²) in [6.45, 7) is 2.25. The van der Waals surface area contributed by atoms with Gasteiger partial charge in [-0.1, -0.05) is 42.5 Å². The summed E-state index contributed by atoms with van der Waals surface area (Å²) in [5.74, 6) is 0.341. The van der Waals surface area contributed by atoms with Crippen LogP contribution < -0.4 is 5.32 Å². The van der Waals surface area contributed by atoms with Gasteiger partial charge in [-0.15, -0.1) is 11.8 Å². The number of benzene rings is 2. The van der Waals surface area contributed by atoms with Crippen molar-refractivity contribution < 1.29 is 4.79 Å². The second kappa shape index (κ2) is 7.89. The van der Waals surface area contributed by atoms with E-state index in [1.54, 1.807) is 18.7 Å². The molecule has 0 unspecified atom stereocenters. The van der Waals surface area contributed by atoms with E-state index in [0.717, 1.165) is 6.42 Å². The standard InChI is InChI=1S/C18H21NOS/c1-14(20)19-13-12-18(15-6-4-3-5-7-15)16-8-10-17(21-2)11-9-16/h3-11,18H,12-13H2,1-2H3,(H,19,20)/t18-/m0/s1. The van der Waals surface area contributed by atoms with Crippen LogP contribution in [0.15, 0.2) is 59.5 Å². The van der Waals surface area contributed by atoms with Gasteiger partial charge in [0.1, 0.15) is 0 Å². The van der Waals surface area contributed by atoms with Gasteiger partial charge in [0.15, 0.2) is 0 Å². The third-order valence-electron chi connectivity index (χ3n) is 3.53. The Labute approximate surface area is 131 Å². The lowest BCUT2D eigenvalue weighted by atomic mass is 9.88. The molecule has 1 amide bonds. The maximum absolute atomic E-state index is 11.1. The number of hydrogen-bond donors (Lipinski definition) is 1. The Morgan fingerprint density at radius 2 is 1.67 bits per heavy atom. The molecule has 0 bridgehead atoms. The minimum Gasteiger partial charge on any atom is -0.356 e. The highest BCUT2D eigenvalue weighted by atomic mass is 32.2. The smallest absolute Gasteiger partial charge is 0.216 e. The van der Waals surface area contributed by atoms with Crippen molar-refractivity contribution in [3.05, 3.63) is 65.7 Å². The van der Waals surface area contributed by atoms with Crippen molar-refractivity contribution in [3.63, 3.8) is 0 Å². The molecule has 1 atom stereocenters. The van der Waals surface area contributed by atoms with Gasteiger partial charge in [-0.3, -0.25) is 4.79 Å². The van der Waals surface area contributed by atoms with Crippen LogP contribution in [0.2, 0.25) is 0 Å². The first-order valence-electron chi connectivity index (χ1n) is 7.14. The summed E-state index contributed by atoms with van der Waals surface area (Å²) in [5.41, 5.74) is 2.59. The first-order valence-corrected chi connectivity index (χ1v) is 8.36. The molecule has 1 N–H and O–H groups in total. The van der Waals surface area contributed by atoms with Gasteiger partial charge in [0, 0.05) is 24.3 Å². The number of thioether (sulfide) groups is 1. The summed E-state index contributed by atoms with van der Waals surface area (Å²) < 4.78 is 0. The number of hydrogen-bond acceptors (Lipinski definition) is 2. The fraction of sp³-hybridized carbons (Fsp3) is 0.278. The number of rotatable bonds is 6. The van der Waals surface area contributed by atoms with Crippen molar-refractivity contribution in [2.45, 2.75) is 24.2 Å². The van der Waals surface area contributed by atoms with Crippen LogP contribution in [0.3, 0.4) is 0 Å². The lowest BCUT2D eigenvalue weighted by molar-refractivity contribution is -0.118. The quantitative estimate of drug-likeness (QED) is 0.815. The molecule has 0 saturated heterocycles. The number of carbonyl (C=O) groups is 1. The molecule has 2 nitrogen and oxygen atoms in total. The molecular formula is C18H21NOS. The van der Waals surface area contributed by atoms with Gasteiger partial charge < -0.3 is 5.32 Å². The predicted molar refractivity (Wildman–Crippen MR) is 89.8 cm³/mol. The summed E-state index contributed by atoms with van der Waals surface area (Å²) in [4.78, 5) is 12.3. The minimum absolute atomic E-state index is 0.0274. The monoisotopic (exact) mass is 299 g/mol.